The molecule has 2 aromatic rings. The summed E-state index contributed by atoms with van der Waals surface area (Å²) < 4.78 is 1.16. The predicted molar refractivity (Wildman–Crippen MR) is 129 cm³/mol. The van der Waals surface area contributed by atoms with Crippen molar-refractivity contribution in [2.24, 2.45) is 0 Å². The Hall–Kier alpha value is -3.68. The molecule has 2 aromatic carbocycles. The minimum atomic E-state index is -1.29. The molecule has 1 aliphatic heterocycles. The van der Waals surface area contributed by atoms with Gasteiger partial charge in [0, 0.05) is 13.5 Å². The van der Waals surface area contributed by atoms with Gasteiger partial charge in [0.1, 0.15) is 5.54 Å². The SMILES string of the molecule is CCNC(=O)C(C)(CCCCNC(C)=[N+](O)Cc1ccccc1)N1C(=O)c2ccccc2C1=O. The van der Waals surface area contributed by atoms with E-state index in [0.29, 0.717) is 55.9 Å². The summed E-state index contributed by atoms with van der Waals surface area (Å²) in [5.74, 6) is -0.595. The molecule has 0 radical (unpaired) electrons. The summed E-state index contributed by atoms with van der Waals surface area (Å²) in [6.07, 6.45) is 1.62. The number of carbonyl (C=O) groups is 3. The molecule has 1 aliphatic rings. The van der Waals surface area contributed by atoms with Crippen LogP contribution in [0.15, 0.2) is 54.6 Å². The van der Waals surface area contributed by atoms with Crippen LogP contribution in [0, 0.1) is 0 Å². The maximum Gasteiger partial charge on any atom is 0.281 e. The molecule has 1 heterocycles. The summed E-state index contributed by atoms with van der Waals surface area (Å²) in [7, 11) is 0. The summed E-state index contributed by atoms with van der Waals surface area (Å²) in [4.78, 5) is 40.2. The zero-order valence-corrected chi connectivity index (χ0v) is 20.0. The fraction of sp³-hybridized carbons (Fsp3) is 0.385. The number of fused-ring (bicyclic) bond motifs is 1. The number of nitrogens with one attached hydrogen (secondary N) is 2. The van der Waals surface area contributed by atoms with Crippen molar-refractivity contribution in [3.05, 3.63) is 71.3 Å². The van der Waals surface area contributed by atoms with Crippen LogP contribution in [-0.2, 0) is 11.3 Å². The molecule has 3 rings (SSSR count). The summed E-state index contributed by atoms with van der Waals surface area (Å²) in [6.45, 7) is 6.60. The summed E-state index contributed by atoms with van der Waals surface area (Å²) in [5.41, 5.74) is 0.357. The van der Waals surface area contributed by atoms with Crippen LogP contribution in [0.1, 0.15) is 66.3 Å². The Bertz CT molecular complexity index is 1050. The first-order chi connectivity index (χ1) is 16.3. The number of unbranched alkanes of at least 4 members (excludes halogenated alkanes) is 1. The van der Waals surface area contributed by atoms with Crippen LogP contribution in [0.4, 0.5) is 0 Å². The van der Waals surface area contributed by atoms with E-state index < -0.39 is 17.4 Å². The van der Waals surface area contributed by atoms with Crippen molar-refractivity contribution in [3.8, 4) is 0 Å². The van der Waals surface area contributed by atoms with Crippen LogP contribution in [-0.4, -0.2) is 57.0 Å². The Balaban J connectivity index is 1.62. The van der Waals surface area contributed by atoms with Gasteiger partial charge in [-0.2, -0.15) is 0 Å². The number of hydroxylamine groups is 1. The molecule has 0 saturated carbocycles. The van der Waals surface area contributed by atoms with E-state index >= 15 is 0 Å². The first-order valence-electron chi connectivity index (χ1n) is 11.6. The number of likely N-dealkylation sites (N-methyl/N-ethyl adjacent to an activating group) is 1. The van der Waals surface area contributed by atoms with Gasteiger partial charge in [-0.3, -0.25) is 24.6 Å². The lowest BCUT2D eigenvalue weighted by atomic mass is 9.91. The molecule has 0 saturated heterocycles. The zero-order valence-electron chi connectivity index (χ0n) is 20.0. The highest BCUT2D eigenvalue weighted by Gasteiger charge is 2.50. The van der Waals surface area contributed by atoms with E-state index in [1.54, 1.807) is 45.0 Å². The Morgan fingerprint density at radius 1 is 0.971 bits per heavy atom. The summed E-state index contributed by atoms with van der Waals surface area (Å²) in [5, 5.41) is 16.2. The van der Waals surface area contributed by atoms with Crippen molar-refractivity contribution in [2.75, 3.05) is 13.1 Å². The maximum atomic E-state index is 13.0. The van der Waals surface area contributed by atoms with Crippen LogP contribution in [0.25, 0.3) is 0 Å². The molecule has 180 valence electrons. The minimum absolute atomic E-state index is 0.330. The molecule has 0 spiro atoms. The van der Waals surface area contributed by atoms with Crippen molar-refractivity contribution < 1.29 is 24.3 Å². The number of amides is 3. The third-order valence-corrected chi connectivity index (χ3v) is 6.15. The average molecular weight is 466 g/mol. The molecular weight excluding hydrogens is 432 g/mol. The molecule has 1 unspecified atom stereocenters. The van der Waals surface area contributed by atoms with Crippen molar-refractivity contribution >= 4 is 23.6 Å². The molecule has 0 bridgehead atoms. The highest BCUT2D eigenvalue weighted by atomic mass is 16.5. The number of hydrogen-bond acceptors (Lipinski definition) is 4. The first-order valence-corrected chi connectivity index (χ1v) is 11.6. The van der Waals surface area contributed by atoms with Crippen LogP contribution < -0.4 is 10.6 Å². The molecule has 0 aliphatic carbocycles. The third kappa shape index (κ3) is 5.27. The fourth-order valence-electron chi connectivity index (χ4n) is 4.15. The Morgan fingerprint density at radius 2 is 1.56 bits per heavy atom. The van der Waals surface area contributed by atoms with Crippen molar-refractivity contribution in [2.45, 2.75) is 52.1 Å². The quantitative estimate of drug-likeness (QED) is 0.0953. The number of nitrogens with zero attached hydrogens (tertiary/aromatic N) is 2. The molecule has 8 heteroatoms. The van der Waals surface area contributed by atoms with E-state index in [0.717, 1.165) is 15.2 Å². The second-order valence-corrected chi connectivity index (χ2v) is 8.64. The van der Waals surface area contributed by atoms with Gasteiger partial charge >= 0.3 is 0 Å². The van der Waals surface area contributed by atoms with E-state index in [4.69, 9.17) is 0 Å². The van der Waals surface area contributed by atoms with E-state index in [1.165, 1.54) is 0 Å². The van der Waals surface area contributed by atoms with E-state index in [9.17, 15) is 19.6 Å². The van der Waals surface area contributed by atoms with E-state index in [1.807, 2.05) is 30.3 Å². The van der Waals surface area contributed by atoms with Gasteiger partial charge in [0.25, 0.3) is 17.6 Å². The smallest absolute Gasteiger partial charge is 0.281 e. The molecule has 3 N–H and O–H groups in total. The van der Waals surface area contributed by atoms with Gasteiger partial charge in [0.15, 0.2) is 6.54 Å². The van der Waals surface area contributed by atoms with Gasteiger partial charge in [-0.1, -0.05) is 47.2 Å². The Morgan fingerprint density at radius 3 is 2.15 bits per heavy atom. The second kappa shape index (κ2) is 11.0. The second-order valence-electron chi connectivity index (χ2n) is 8.64. The zero-order chi connectivity index (χ0) is 24.7. The highest BCUT2D eigenvalue weighted by molar-refractivity contribution is 6.23. The lowest BCUT2D eigenvalue weighted by Crippen LogP contribution is -2.59. The largest absolute Gasteiger partial charge is 0.355 e. The number of amidine groups is 1. The minimum Gasteiger partial charge on any atom is -0.355 e. The number of rotatable bonds is 10. The monoisotopic (exact) mass is 465 g/mol. The third-order valence-electron chi connectivity index (χ3n) is 6.15. The highest BCUT2D eigenvalue weighted by Crippen LogP contribution is 2.32. The van der Waals surface area contributed by atoms with Gasteiger partial charge in [-0.05, 0) is 50.8 Å². The Kier molecular flexibility index (Phi) is 8.04. The number of carbonyl (C=O) groups excluding carboxylic acids is 3. The van der Waals surface area contributed by atoms with E-state index in [-0.39, 0.29) is 5.91 Å². The van der Waals surface area contributed by atoms with Gasteiger partial charge in [0.2, 0.25) is 5.91 Å². The van der Waals surface area contributed by atoms with Gasteiger partial charge in [-0.25, -0.2) is 0 Å². The lowest BCUT2D eigenvalue weighted by Gasteiger charge is -2.36. The van der Waals surface area contributed by atoms with Crippen LogP contribution in [0.5, 0.6) is 0 Å². The molecule has 0 fully saturated rings. The Labute approximate surface area is 200 Å². The number of benzene rings is 2. The molecule has 1 atom stereocenters. The van der Waals surface area contributed by atoms with E-state index in [2.05, 4.69) is 10.6 Å². The molecule has 3 amide bonds. The lowest BCUT2D eigenvalue weighted by molar-refractivity contribution is -0.788. The van der Waals surface area contributed by atoms with Gasteiger partial charge < -0.3 is 10.5 Å². The number of hydrogen-bond donors (Lipinski definition) is 3. The first kappa shape index (κ1) is 25.0. The van der Waals surface area contributed by atoms with Gasteiger partial charge in [0.05, 0.1) is 17.7 Å². The summed E-state index contributed by atoms with van der Waals surface area (Å²) in [6, 6.07) is 16.3. The van der Waals surface area contributed by atoms with Crippen LogP contribution in [0.3, 0.4) is 0 Å². The van der Waals surface area contributed by atoms with Crippen molar-refractivity contribution in [1.29, 1.82) is 0 Å². The van der Waals surface area contributed by atoms with Gasteiger partial charge in [-0.15, -0.1) is 0 Å². The van der Waals surface area contributed by atoms with Crippen molar-refractivity contribution in [1.82, 2.24) is 15.5 Å². The standard InChI is InChI=1S/C26H32N4O4/c1-4-27-25(33)26(3,30-23(31)21-14-8-9-15-22(21)24(30)32)16-10-11-17-28-19(2)29(34)18-20-12-6-5-7-13-20/h5-9,12-15,34H,4,10-11,16-18H2,1-3H3,(H,27,33)/p+1. The maximum absolute atomic E-state index is 13.0. The molecule has 0 aromatic heterocycles. The fourth-order valence-corrected chi connectivity index (χ4v) is 4.15. The van der Waals surface area contributed by atoms with Crippen LogP contribution in [0.2, 0.25) is 0 Å². The predicted octanol–water partition coefficient (Wildman–Crippen LogP) is 2.96. The molecule has 8 nitrogen and oxygen atoms in total. The van der Waals surface area contributed by atoms with Crippen LogP contribution >= 0.6 is 0 Å². The topological polar surface area (TPSA) is 102 Å². The normalized spacial score (nSPS) is 15.4. The van der Waals surface area contributed by atoms with Crippen molar-refractivity contribution in [3.63, 3.8) is 0 Å². The average Bonchev–Trinajstić information content (AvgIpc) is 3.09. The number of imide groups is 1. The molecular formula is C26H33N4O4+. The summed E-state index contributed by atoms with van der Waals surface area (Å²) >= 11 is 0. The molecule has 34 heavy (non-hydrogen) atoms.